The molecule has 10 heteroatoms. The van der Waals surface area contributed by atoms with Crippen molar-refractivity contribution in [3.63, 3.8) is 0 Å². The molecule has 0 radical (unpaired) electrons. The molecule has 16 heavy (non-hydrogen) atoms. The molecule has 1 aliphatic rings. The number of phosphoric acid groups is 1. The highest BCUT2D eigenvalue weighted by Gasteiger charge is 2.54. The molecule has 0 aliphatic carbocycles. The van der Waals surface area contributed by atoms with Gasteiger partial charge in [0.2, 0.25) is 5.79 Å². The van der Waals surface area contributed by atoms with Crippen molar-refractivity contribution >= 4 is 7.82 Å². The van der Waals surface area contributed by atoms with Gasteiger partial charge < -0.3 is 44.7 Å². The first-order valence-corrected chi connectivity index (χ1v) is 5.84. The third-order valence-electron chi connectivity index (χ3n) is 2.35. The Balaban J connectivity index is 2.61. The van der Waals surface area contributed by atoms with Gasteiger partial charge in [0, 0.05) is 0 Å². The second kappa shape index (κ2) is 4.65. The summed E-state index contributed by atoms with van der Waals surface area (Å²) in [5.41, 5.74) is 3.37. The van der Waals surface area contributed by atoms with Crippen LogP contribution in [0, 0.1) is 0 Å². The predicted molar refractivity (Wildman–Crippen MR) is 43.2 cm³/mol. The van der Waals surface area contributed by atoms with E-state index in [2.05, 4.69) is 10.3 Å². The summed E-state index contributed by atoms with van der Waals surface area (Å²) in [6.07, 6.45) is -2.58. The molecular formula is C6H13NO8P-. The highest BCUT2D eigenvalue weighted by molar-refractivity contribution is 7.43. The normalized spacial score (nSPS) is 40.2. The lowest BCUT2D eigenvalue weighted by Crippen LogP contribution is -2.74. The Bertz CT molecular complexity index is 294. The van der Waals surface area contributed by atoms with E-state index in [9.17, 15) is 24.6 Å². The van der Waals surface area contributed by atoms with Gasteiger partial charge in [-0.1, -0.05) is 0 Å². The maximum atomic E-state index is 10.2. The van der Waals surface area contributed by atoms with Crippen LogP contribution in [-0.2, 0) is 13.8 Å². The Hall–Kier alpha value is -0.0900. The van der Waals surface area contributed by atoms with E-state index in [0.717, 1.165) is 0 Å². The van der Waals surface area contributed by atoms with Crippen LogP contribution in [0.2, 0.25) is 0 Å². The van der Waals surface area contributed by atoms with Gasteiger partial charge in [-0.2, -0.15) is 0 Å². The summed E-state index contributed by atoms with van der Waals surface area (Å²) in [5, 5.41) is 27.9. The number of hydrogen-bond acceptors (Lipinski definition) is 8. The Morgan fingerprint density at radius 1 is 1.56 bits per heavy atom. The van der Waals surface area contributed by atoms with Gasteiger partial charge in [0.15, 0.2) is 6.04 Å². The van der Waals surface area contributed by atoms with E-state index in [1.165, 1.54) is 0 Å². The van der Waals surface area contributed by atoms with Crippen LogP contribution in [-0.4, -0.2) is 52.6 Å². The monoisotopic (exact) mass is 258 g/mol. The van der Waals surface area contributed by atoms with Crippen molar-refractivity contribution in [3.8, 4) is 0 Å². The molecule has 1 saturated heterocycles. The predicted octanol–water partition coefficient (Wildman–Crippen LogP) is -5.12. The number of aliphatic hydroxyl groups is 3. The van der Waals surface area contributed by atoms with Gasteiger partial charge in [0.1, 0.15) is 18.8 Å². The van der Waals surface area contributed by atoms with Gasteiger partial charge in [-0.15, -0.1) is 0 Å². The van der Waals surface area contributed by atoms with Crippen LogP contribution in [0.15, 0.2) is 0 Å². The molecule has 0 bridgehead atoms. The van der Waals surface area contributed by atoms with Crippen molar-refractivity contribution < 1.29 is 44.7 Å². The first-order valence-electron chi connectivity index (χ1n) is 4.38. The van der Waals surface area contributed by atoms with Gasteiger partial charge >= 0.3 is 0 Å². The maximum Gasteiger partial charge on any atom is 0.246 e. The smallest absolute Gasteiger partial charge is 0.246 e. The first kappa shape index (κ1) is 14.0. The van der Waals surface area contributed by atoms with E-state index in [-0.39, 0.29) is 0 Å². The molecule has 1 aliphatic heterocycles. The fourth-order valence-electron chi connectivity index (χ4n) is 1.40. The highest BCUT2D eigenvalue weighted by Crippen LogP contribution is 2.31. The zero-order chi connectivity index (χ0) is 12.6. The van der Waals surface area contributed by atoms with Crippen LogP contribution in [0.3, 0.4) is 0 Å². The van der Waals surface area contributed by atoms with Crippen molar-refractivity contribution in [2.24, 2.45) is 0 Å². The molecule has 96 valence electrons. The summed E-state index contributed by atoms with van der Waals surface area (Å²) in [6.45, 7) is -1.55. The minimum atomic E-state index is -5.17. The highest BCUT2D eigenvalue weighted by atomic mass is 31.2. The van der Waals surface area contributed by atoms with Crippen LogP contribution in [0.5, 0.6) is 0 Å². The van der Waals surface area contributed by atoms with Crippen molar-refractivity contribution in [1.29, 1.82) is 0 Å². The fraction of sp³-hybridized carbons (Fsp3) is 1.00. The molecule has 0 saturated carbocycles. The Morgan fingerprint density at radius 3 is 2.50 bits per heavy atom. The van der Waals surface area contributed by atoms with Crippen LogP contribution < -0.4 is 15.5 Å². The zero-order valence-electron chi connectivity index (χ0n) is 8.18. The average Bonchev–Trinajstić information content (AvgIpc) is 2.40. The van der Waals surface area contributed by atoms with E-state index in [4.69, 9.17) is 9.84 Å². The number of phosphoric ester groups is 1. The summed E-state index contributed by atoms with van der Waals surface area (Å²) in [5.74, 6) is -2.07. The summed E-state index contributed by atoms with van der Waals surface area (Å²) in [6, 6.07) is -1.08. The molecular weight excluding hydrogens is 245 g/mol. The third kappa shape index (κ3) is 2.98. The van der Waals surface area contributed by atoms with E-state index < -0.39 is 45.1 Å². The first-order chi connectivity index (χ1) is 7.19. The standard InChI is InChI=1S/C6H14NO8P/c7-5-4(9)3(1-14-16(11,12)13)15-6(5,10)2-8/h3-5,8-10H,1-2,7H2,(H2,11,12,13)/p-1/t3-,4-,5+,6-/m1/s1. The largest absolute Gasteiger partial charge is 0.790 e. The summed E-state index contributed by atoms with van der Waals surface area (Å²) < 4.78 is 18.9. The molecule has 0 unspecified atom stereocenters. The number of quaternary nitrogens is 1. The fourth-order valence-corrected chi connectivity index (χ4v) is 1.73. The quantitative estimate of drug-likeness (QED) is 0.362. The van der Waals surface area contributed by atoms with E-state index >= 15 is 0 Å². The van der Waals surface area contributed by atoms with Crippen LogP contribution in [0.1, 0.15) is 0 Å². The lowest BCUT2D eigenvalue weighted by atomic mass is 10.0. The van der Waals surface area contributed by atoms with E-state index in [1.54, 1.807) is 0 Å². The van der Waals surface area contributed by atoms with Gasteiger partial charge in [0.05, 0.1) is 14.4 Å². The number of ether oxygens (including phenoxy) is 1. The molecule has 4 atom stereocenters. The molecule has 1 fully saturated rings. The SMILES string of the molecule is [NH3+][C@H]1[C@H](O)[C@@H](COP(=O)([O-])[O-])O[C@]1(O)CO. The third-order valence-corrected chi connectivity index (χ3v) is 2.82. The van der Waals surface area contributed by atoms with Gasteiger partial charge in [-0.05, 0) is 0 Å². The van der Waals surface area contributed by atoms with Crippen molar-refractivity contribution in [2.75, 3.05) is 13.2 Å². The number of hydrogen-bond donors (Lipinski definition) is 4. The molecule has 0 amide bonds. The molecule has 9 nitrogen and oxygen atoms in total. The van der Waals surface area contributed by atoms with Crippen LogP contribution in [0.25, 0.3) is 0 Å². The summed E-state index contributed by atoms with van der Waals surface area (Å²) in [4.78, 5) is 20.4. The topological polar surface area (TPSA) is 170 Å². The summed E-state index contributed by atoms with van der Waals surface area (Å²) in [7, 11) is -5.17. The molecule has 0 aromatic rings. The van der Waals surface area contributed by atoms with Crippen LogP contribution in [0.4, 0.5) is 0 Å². The summed E-state index contributed by atoms with van der Waals surface area (Å²) >= 11 is 0. The van der Waals surface area contributed by atoms with Gasteiger partial charge in [-0.25, -0.2) is 0 Å². The van der Waals surface area contributed by atoms with Crippen molar-refractivity contribution in [1.82, 2.24) is 0 Å². The van der Waals surface area contributed by atoms with Crippen LogP contribution >= 0.6 is 7.82 Å². The van der Waals surface area contributed by atoms with Gasteiger partial charge in [-0.3, -0.25) is 0 Å². The number of aliphatic hydroxyl groups excluding tert-OH is 2. The van der Waals surface area contributed by atoms with E-state index in [0.29, 0.717) is 0 Å². The molecule has 1 heterocycles. The average molecular weight is 258 g/mol. The zero-order valence-corrected chi connectivity index (χ0v) is 9.08. The molecule has 0 spiro atoms. The van der Waals surface area contributed by atoms with Crippen molar-refractivity contribution in [3.05, 3.63) is 0 Å². The Kier molecular flexibility index (Phi) is 4.06. The molecule has 1 rings (SSSR count). The molecule has 0 aromatic heterocycles. The lowest BCUT2D eigenvalue weighted by Gasteiger charge is -2.30. The Morgan fingerprint density at radius 2 is 2.12 bits per heavy atom. The second-order valence-corrected chi connectivity index (χ2v) is 4.65. The molecule has 6 N–H and O–H groups in total. The lowest BCUT2D eigenvalue weighted by molar-refractivity contribution is -0.479. The molecule has 0 aromatic carbocycles. The minimum Gasteiger partial charge on any atom is -0.790 e. The number of rotatable bonds is 4. The van der Waals surface area contributed by atoms with E-state index in [1.807, 2.05) is 0 Å². The Labute approximate surface area is 90.6 Å². The second-order valence-electron chi connectivity index (χ2n) is 3.50. The van der Waals surface area contributed by atoms with Crippen molar-refractivity contribution in [2.45, 2.75) is 24.0 Å². The maximum absolute atomic E-state index is 10.2. The van der Waals surface area contributed by atoms with Gasteiger partial charge in [0.25, 0.3) is 0 Å². The minimum absolute atomic E-state index is 0.736.